The van der Waals surface area contributed by atoms with Crippen molar-refractivity contribution in [1.29, 1.82) is 0 Å². The largest absolute Gasteiger partial charge is 0.369 e. The van der Waals surface area contributed by atoms with Crippen LogP contribution in [0.25, 0.3) is 0 Å². The van der Waals surface area contributed by atoms with Crippen LogP contribution in [0.3, 0.4) is 0 Å². The fraction of sp³-hybridized carbons (Fsp3) is 0.500. The van der Waals surface area contributed by atoms with Crippen LogP contribution in [0.15, 0.2) is 40.6 Å². The van der Waals surface area contributed by atoms with Gasteiger partial charge in [-0.2, -0.15) is 0 Å². The minimum atomic E-state index is -3.48. The van der Waals surface area contributed by atoms with Gasteiger partial charge in [-0.1, -0.05) is 12.1 Å². The number of piperazine rings is 1. The Morgan fingerprint density at radius 2 is 1.87 bits per heavy atom. The second-order valence-electron chi connectivity index (χ2n) is 7.87. The van der Waals surface area contributed by atoms with Crippen molar-refractivity contribution >= 4 is 33.0 Å². The molecule has 0 aliphatic carbocycles. The number of hydrogen-bond donors (Lipinski definition) is 2. The number of anilines is 1. The quantitative estimate of drug-likeness (QED) is 0.527. The summed E-state index contributed by atoms with van der Waals surface area (Å²) < 4.78 is 28.1. The van der Waals surface area contributed by atoms with Gasteiger partial charge in [0.1, 0.15) is 4.21 Å². The highest BCUT2D eigenvalue weighted by atomic mass is 32.2. The number of thiophene rings is 1. The molecule has 170 valence electrons. The van der Waals surface area contributed by atoms with Gasteiger partial charge in [0, 0.05) is 56.8 Å². The number of nitrogens with zero attached hydrogens (tertiary/aromatic N) is 2. The number of amides is 1. The molecule has 7 nitrogen and oxygen atoms in total. The fourth-order valence-corrected chi connectivity index (χ4v) is 6.11. The Balaban J connectivity index is 1.37. The maximum atomic E-state index is 12.5. The summed E-state index contributed by atoms with van der Waals surface area (Å²) >= 11 is 1.26. The van der Waals surface area contributed by atoms with Crippen LogP contribution < -0.4 is 14.9 Å². The van der Waals surface area contributed by atoms with E-state index in [1.165, 1.54) is 29.5 Å². The van der Waals surface area contributed by atoms with E-state index in [9.17, 15) is 13.2 Å². The van der Waals surface area contributed by atoms with Gasteiger partial charge >= 0.3 is 0 Å². The molecule has 2 aromatic rings. The fourth-order valence-electron chi connectivity index (χ4n) is 3.63. The lowest BCUT2D eigenvalue weighted by molar-refractivity contribution is -0.118. The molecule has 0 unspecified atom stereocenters. The zero-order chi connectivity index (χ0) is 22.3. The highest BCUT2D eigenvalue weighted by molar-refractivity contribution is 7.91. The lowest BCUT2D eigenvalue weighted by Crippen LogP contribution is -2.47. The molecule has 1 aliphatic heterocycles. The summed E-state index contributed by atoms with van der Waals surface area (Å²) in [4.78, 5) is 16.7. The minimum absolute atomic E-state index is 0.0809. The van der Waals surface area contributed by atoms with Crippen LogP contribution in [-0.4, -0.2) is 65.0 Å². The first kappa shape index (κ1) is 23.7. The van der Waals surface area contributed by atoms with E-state index in [-0.39, 0.29) is 5.91 Å². The molecule has 1 saturated heterocycles. The van der Waals surface area contributed by atoms with Crippen molar-refractivity contribution < 1.29 is 13.2 Å². The van der Waals surface area contributed by atoms with E-state index in [2.05, 4.69) is 51.0 Å². The van der Waals surface area contributed by atoms with Crippen molar-refractivity contribution in [2.75, 3.05) is 50.7 Å². The van der Waals surface area contributed by atoms with Crippen LogP contribution in [0.4, 0.5) is 5.69 Å². The molecule has 0 radical (unpaired) electrons. The molecular weight excluding hydrogens is 432 g/mol. The van der Waals surface area contributed by atoms with Crippen molar-refractivity contribution in [2.24, 2.45) is 0 Å². The Labute approximate surface area is 189 Å². The van der Waals surface area contributed by atoms with E-state index < -0.39 is 10.0 Å². The second kappa shape index (κ2) is 11.1. The third kappa shape index (κ3) is 7.31. The Morgan fingerprint density at radius 3 is 2.58 bits per heavy atom. The van der Waals surface area contributed by atoms with Crippen molar-refractivity contribution in [2.45, 2.75) is 30.9 Å². The molecule has 1 fully saturated rings. The van der Waals surface area contributed by atoms with E-state index >= 15 is 0 Å². The zero-order valence-corrected chi connectivity index (χ0v) is 19.9. The summed E-state index contributed by atoms with van der Waals surface area (Å²) in [6, 6.07) is 12.1. The van der Waals surface area contributed by atoms with Crippen molar-refractivity contribution in [3.63, 3.8) is 0 Å². The summed E-state index contributed by atoms with van der Waals surface area (Å²) in [5.74, 6) is -0.0809. The molecule has 1 aliphatic rings. The molecule has 2 N–H and O–H groups in total. The highest BCUT2D eigenvalue weighted by Crippen LogP contribution is 2.22. The Hall–Kier alpha value is -1.94. The van der Waals surface area contributed by atoms with Crippen molar-refractivity contribution in [3.05, 3.63) is 46.8 Å². The van der Waals surface area contributed by atoms with Crippen LogP contribution in [0.5, 0.6) is 0 Å². The van der Waals surface area contributed by atoms with E-state index in [4.69, 9.17) is 0 Å². The number of sulfonamides is 1. The summed E-state index contributed by atoms with van der Waals surface area (Å²) in [5.41, 5.74) is 2.55. The number of carbonyl (C=O) groups excluding carboxylic acids is 1. The first-order chi connectivity index (χ1) is 14.8. The van der Waals surface area contributed by atoms with E-state index in [1.807, 2.05) is 6.07 Å². The number of rotatable bonds is 10. The average molecular weight is 465 g/mol. The van der Waals surface area contributed by atoms with Gasteiger partial charge in [0.2, 0.25) is 15.9 Å². The van der Waals surface area contributed by atoms with Crippen LogP contribution in [0, 0.1) is 6.92 Å². The SMILES string of the molecule is CC(=O)NCCc1ccc(S(=O)(=O)NCCCN2CCN(c3cccc(C)c3)CC2)s1. The predicted molar refractivity (Wildman–Crippen MR) is 126 cm³/mol. The summed E-state index contributed by atoms with van der Waals surface area (Å²) in [6.45, 7) is 9.38. The van der Waals surface area contributed by atoms with Crippen LogP contribution >= 0.6 is 11.3 Å². The summed E-state index contributed by atoms with van der Waals surface area (Å²) in [5, 5.41) is 2.72. The maximum absolute atomic E-state index is 12.5. The van der Waals surface area contributed by atoms with Gasteiger partial charge in [-0.05, 0) is 56.1 Å². The zero-order valence-electron chi connectivity index (χ0n) is 18.3. The van der Waals surface area contributed by atoms with Gasteiger partial charge in [-0.25, -0.2) is 13.1 Å². The first-order valence-electron chi connectivity index (χ1n) is 10.7. The molecule has 1 amide bonds. The number of hydrogen-bond acceptors (Lipinski definition) is 6. The number of nitrogens with one attached hydrogen (secondary N) is 2. The van der Waals surface area contributed by atoms with Gasteiger partial charge < -0.3 is 10.2 Å². The lowest BCUT2D eigenvalue weighted by Gasteiger charge is -2.36. The van der Waals surface area contributed by atoms with Crippen LogP contribution in [0.2, 0.25) is 0 Å². The van der Waals surface area contributed by atoms with E-state index in [0.717, 1.165) is 44.0 Å². The summed E-state index contributed by atoms with van der Waals surface area (Å²) in [6.07, 6.45) is 1.42. The maximum Gasteiger partial charge on any atom is 0.250 e. The van der Waals surface area contributed by atoms with Gasteiger partial charge in [-0.15, -0.1) is 11.3 Å². The molecule has 3 rings (SSSR count). The molecular formula is C22H32N4O3S2. The van der Waals surface area contributed by atoms with Crippen LogP contribution in [-0.2, 0) is 21.2 Å². The lowest BCUT2D eigenvalue weighted by atomic mass is 10.2. The topological polar surface area (TPSA) is 81.7 Å². The predicted octanol–water partition coefficient (Wildman–Crippen LogP) is 2.23. The Kier molecular flexibility index (Phi) is 8.48. The molecule has 31 heavy (non-hydrogen) atoms. The molecule has 0 saturated carbocycles. The normalized spacial score (nSPS) is 15.2. The second-order valence-corrected chi connectivity index (χ2v) is 11.0. The van der Waals surface area contributed by atoms with E-state index in [0.29, 0.717) is 23.7 Å². The Bertz CT molecular complexity index is 967. The molecule has 1 aromatic carbocycles. The molecule has 0 atom stereocenters. The number of carbonyl (C=O) groups is 1. The molecule has 0 bridgehead atoms. The van der Waals surface area contributed by atoms with Crippen molar-refractivity contribution in [1.82, 2.24) is 14.9 Å². The molecule has 1 aromatic heterocycles. The monoisotopic (exact) mass is 464 g/mol. The minimum Gasteiger partial charge on any atom is -0.369 e. The van der Waals surface area contributed by atoms with Gasteiger partial charge in [0.15, 0.2) is 0 Å². The summed E-state index contributed by atoms with van der Waals surface area (Å²) in [7, 11) is -3.48. The third-order valence-electron chi connectivity index (χ3n) is 5.33. The Morgan fingerprint density at radius 1 is 1.10 bits per heavy atom. The van der Waals surface area contributed by atoms with E-state index in [1.54, 1.807) is 6.07 Å². The first-order valence-corrected chi connectivity index (χ1v) is 13.0. The molecule has 9 heteroatoms. The molecule has 2 heterocycles. The molecule has 0 spiro atoms. The number of benzene rings is 1. The van der Waals surface area contributed by atoms with Crippen molar-refractivity contribution in [3.8, 4) is 0 Å². The van der Waals surface area contributed by atoms with Gasteiger partial charge in [-0.3, -0.25) is 9.69 Å². The average Bonchev–Trinajstić information content (AvgIpc) is 3.21. The smallest absolute Gasteiger partial charge is 0.250 e. The van der Waals surface area contributed by atoms with Gasteiger partial charge in [0.25, 0.3) is 0 Å². The standard InChI is InChI=1S/C22H32N4O3S2/c1-18-5-3-6-20(17-18)26-15-13-25(14-16-26)12-4-10-24-31(28,29)22-8-7-21(30-22)9-11-23-19(2)27/h3,5-8,17,24H,4,9-16H2,1-2H3,(H,23,27). The van der Waals surface area contributed by atoms with Crippen LogP contribution in [0.1, 0.15) is 23.8 Å². The number of aryl methyl sites for hydroxylation is 1. The highest BCUT2D eigenvalue weighted by Gasteiger charge is 2.19. The third-order valence-corrected chi connectivity index (χ3v) is 8.43. The van der Waals surface area contributed by atoms with Gasteiger partial charge in [0.05, 0.1) is 0 Å².